The molecule has 1 aliphatic rings. The first-order valence-corrected chi connectivity index (χ1v) is 7.13. The Hall–Kier alpha value is -0.820. The van der Waals surface area contributed by atoms with Gasteiger partial charge in [-0.05, 0) is 30.4 Å². The van der Waals surface area contributed by atoms with Gasteiger partial charge in [-0.15, -0.1) is 0 Å². The van der Waals surface area contributed by atoms with Gasteiger partial charge in [0.25, 0.3) is 0 Å². The molecular weight excluding hydrogens is 206 g/mol. The summed E-state index contributed by atoms with van der Waals surface area (Å²) in [5, 5.41) is 0. The number of nitrogens with two attached hydrogens (primary N) is 1. The molecule has 94 valence electrons. The van der Waals surface area contributed by atoms with Crippen LogP contribution in [0.2, 0.25) is 0 Å². The molecule has 0 amide bonds. The van der Waals surface area contributed by atoms with E-state index in [0.29, 0.717) is 0 Å². The largest absolute Gasteiger partial charge is 0.321 e. The van der Waals surface area contributed by atoms with Crippen LogP contribution < -0.4 is 5.73 Å². The Balaban J connectivity index is 2.14. The summed E-state index contributed by atoms with van der Waals surface area (Å²) in [6.07, 6.45) is 9.98. The van der Waals surface area contributed by atoms with E-state index in [0.717, 1.165) is 12.8 Å². The normalized spacial score (nSPS) is 19.9. The SMILES string of the molecule is CCCc1ccc(C2(N)CCCCCC2)cc1. The second-order valence-corrected chi connectivity index (χ2v) is 5.52. The summed E-state index contributed by atoms with van der Waals surface area (Å²) in [5.74, 6) is 0. The quantitative estimate of drug-likeness (QED) is 0.777. The minimum atomic E-state index is -0.0543. The highest BCUT2D eigenvalue weighted by Gasteiger charge is 2.27. The predicted octanol–water partition coefficient (Wildman–Crippen LogP) is 4.15. The van der Waals surface area contributed by atoms with Crippen molar-refractivity contribution in [2.45, 2.75) is 63.8 Å². The molecule has 1 nitrogen and oxygen atoms in total. The topological polar surface area (TPSA) is 26.0 Å². The summed E-state index contributed by atoms with van der Waals surface area (Å²) in [6.45, 7) is 2.23. The summed E-state index contributed by atoms with van der Waals surface area (Å²) in [6, 6.07) is 9.04. The lowest BCUT2D eigenvalue weighted by atomic mass is 9.83. The Kier molecular flexibility index (Phi) is 4.22. The van der Waals surface area contributed by atoms with Crippen LogP contribution in [-0.2, 0) is 12.0 Å². The molecule has 17 heavy (non-hydrogen) atoms. The maximum absolute atomic E-state index is 6.60. The van der Waals surface area contributed by atoms with Crippen molar-refractivity contribution in [3.63, 3.8) is 0 Å². The van der Waals surface area contributed by atoms with E-state index in [2.05, 4.69) is 31.2 Å². The van der Waals surface area contributed by atoms with Gasteiger partial charge in [0.1, 0.15) is 0 Å². The Labute approximate surface area is 105 Å². The lowest BCUT2D eigenvalue weighted by molar-refractivity contribution is 0.385. The zero-order valence-corrected chi connectivity index (χ0v) is 11.0. The van der Waals surface area contributed by atoms with Crippen molar-refractivity contribution in [1.29, 1.82) is 0 Å². The highest BCUT2D eigenvalue weighted by atomic mass is 14.7. The van der Waals surface area contributed by atoms with Gasteiger partial charge in [-0.25, -0.2) is 0 Å². The number of aryl methyl sites for hydroxylation is 1. The molecule has 0 unspecified atom stereocenters. The van der Waals surface area contributed by atoms with E-state index in [4.69, 9.17) is 5.73 Å². The molecule has 0 aliphatic heterocycles. The molecule has 1 heteroatoms. The van der Waals surface area contributed by atoms with Crippen LogP contribution in [0.4, 0.5) is 0 Å². The minimum absolute atomic E-state index is 0.0543. The van der Waals surface area contributed by atoms with E-state index >= 15 is 0 Å². The smallest absolute Gasteiger partial charge is 0.0409 e. The first kappa shape index (κ1) is 12.6. The van der Waals surface area contributed by atoms with Crippen molar-refractivity contribution in [3.05, 3.63) is 35.4 Å². The number of rotatable bonds is 3. The maximum Gasteiger partial charge on any atom is 0.0409 e. The van der Waals surface area contributed by atoms with Crippen LogP contribution in [0.25, 0.3) is 0 Å². The van der Waals surface area contributed by atoms with E-state index in [9.17, 15) is 0 Å². The minimum Gasteiger partial charge on any atom is -0.321 e. The van der Waals surface area contributed by atoms with Gasteiger partial charge in [0.05, 0.1) is 0 Å². The van der Waals surface area contributed by atoms with E-state index < -0.39 is 0 Å². The molecule has 1 aliphatic carbocycles. The molecule has 0 saturated heterocycles. The molecule has 0 heterocycles. The summed E-state index contributed by atoms with van der Waals surface area (Å²) in [5.41, 5.74) is 9.34. The third kappa shape index (κ3) is 3.10. The second-order valence-electron chi connectivity index (χ2n) is 5.52. The molecule has 1 aromatic carbocycles. The average molecular weight is 231 g/mol. The molecule has 0 spiro atoms. The van der Waals surface area contributed by atoms with Crippen molar-refractivity contribution in [2.75, 3.05) is 0 Å². The van der Waals surface area contributed by atoms with Crippen LogP contribution in [0.3, 0.4) is 0 Å². The summed E-state index contributed by atoms with van der Waals surface area (Å²) < 4.78 is 0. The molecule has 1 fully saturated rings. The van der Waals surface area contributed by atoms with Gasteiger partial charge in [0.2, 0.25) is 0 Å². The molecular formula is C16H25N. The molecule has 0 radical (unpaired) electrons. The van der Waals surface area contributed by atoms with Gasteiger partial charge in [0.15, 0.2) is 0 Å². The van der Waals surface area contributed by atoms with Crippen molar-refractivity contribution in [2.24, 2.45) is 5.73 Å². The summed E-state index contributed by atoms with van der Waals surface area (Å²) in [4.78, 5) is 0. The van der Waals surface area contributed by atoms with Gasteiger partial charge in [0, 0.05) is 5.54 Å². The van der Waals surface area contributed by atoms with Crippen LogP contribution in [0.15, 0.2) is 24.3 Å². The van der Waals surface area contributed by atoms with Gasteiger partial charge >= 0.3 is 0 Å². The van der Waals surface area contributed by atoms with Crippen molar-refractivity contribution >= 4 is 0 Å². The van der Waals surface area contributed by atoms with Crippen LogP contribution in [0.1, 0.15) is 63.0 Å². The third-order valence-corrected chi connectivity index (χ3v) is 4.06. The highest BCUT2D eigenvalue weighted by Crippen LogP contribution is 2.33. The fourth-order valence-corrected chi connectivity index (χ4v) is 2.94. The van der Waals surface area contributed by atoms with Crippen LogP contribution >= 0.6 is 0 Å². The van der Waals surface area contributed by atoms with Gasteiger partial charge < -0.3 is 5.73 Å². The average Bonchev–Trinajstić information content (AvgIpc) is 2.56. The number of benzene rings is 1. The lowest BCUT2D eigenvalue weighted by Gasteiger charge is -2.28. The Morgan fingerprint density at radius 2 is 1.59 bits per heavy atom. The lowest BCUT2D eigenvalue weighted by Crippen LogP contribution is -2.35. The molecule has 1 aromatic rings. The van der Waals surface area contributed by atoms with Crippen LogP contribution in [0.5, 0.6) is 0 Å². The van der Waals surface area contributed by atoms with Crippen LogP contribution in [0, 0.1) is 0 Å². The van der Waals surface area contributed by atoms with E-state index in [1.807, 2.05) is 0 Å². The van der Waals surface area contributed by atoms with Crippen molar-refractivity contribution in [1.82, 2.24) is 0 Å². The standard InChI is InChI=1S/C16H25N/c1-2-7-14-8-10-15(11-9-14)16(17)12-5-3-4-6-13-16/h8-11H,2-7,12-13,17H2,1H3. The highest BCUT2D eigenvalue weighted by molar-refractivity contribution is 5.28. The Morgan fingerprint density at radius 1 is 1.00 bits per heavy atom. The predicted molar refractivity (Wildman–Crippen MR) is 74.0 cm³/mol. The Bertz CT molecular complexity index is 331. The summed E-state index contributed by atoms with van der Waals surface area (Å²) in [7, 11) is 0. The van der Waals surface area contributed by atoms with E-state index in [1.54, 1.807) is 0 Å². The zero-order chi connectivity index (χ0) is 12.1. The molecule has 0 bridgehead atoms. The monoisotopic (exact) mass is 231 g/mol. The number of hydrogen-bond acceptors (Lipinski definition) is 1. The molecule has 2 rings (SSSR count). The zero-order valence-electron chi connectivity index (χ0n) is 11.0. The van der Waals surface area contributed by atoms with Crippen LogP contribution in [-0.4, -0.2) is 0 Å². The summed E-state index contributed by atoms with van der Waals surface area (Å²) >= 11 is 0. The number of hydrogen-bond donors (Lipinski definition) is 1. The fraction of sp³-hybridized carbons (Fsp3) is 0.625. The second kappa shape index (κ2) is 5.68. The fourth-order valence-electron chi connectivity index (χ4n) is 2.94. The molecule has 0 aromatic heterocycles. The molecule has 2 N–H and O–H groups in total. The maximum atomic E-state index is 6.60. The molecule has 1 saturated carbocycles. The Morgan fingerprint density at radius 3 is 2.12 bits per heavy atom. The first-order valence-electron chi connectivity index (χ1n) is 7.13. The van der Waals surface area contributed by atoms with E-state index in [1.165, 1.54) is 49.7 Å². The van der Waals surface area contributed by atoms with E-state index in [-0.39, 0.29) is 5.54 Å². The van der Waals surface area contributed by atoms with Crippen molar-refractivity contribution < 1.29 is 0 Å². The van der Waals surface area contributed by atoms with Gasteiger partial charge in [-0.3, -0.25) is 0 Å². The van der Waals surface area contributed by atoms with Crippen molar-refractivity contribution in [3.8, 4) is 0 Å². The first-order chi connectivity index (χ1) is 8.24. The molecule has 0 atom stereocenters. The van der Waals surface area contributed by atoms with Gasteiger partial charge in [-0.2, -0.15) is 0 Å². The van der Waals surface area contributed by atoms with Gasteiger partial charge in [-0.1, -0.05) is 63.3 Å². The third-order valence-electron chi connectivity index (χ3n) is 4.06.